The third-order valence-corrected chi connectivity index (χ3v) is 6.67. The van der Waals surface area contributed by atoms with Gasteiger partial charge in [-0.05, 0) is 57.9 Å². The molecule has 0 heterocycles. The van der Waals surface area contributed by atoms with Crippen LogP contribution in [0.5, 0.6) is 0 Å². The Hall–Kier alpha value is -3.66. The highest BCUT2D eigenvalue weighted by atomic mass is 16.2. The molecule has 0 fully saturated rings. The van der Waals surface area contributed by atoms with Gasteiger partial charge in [-0.15, -0.1) is 0 Å². The van der Waals surface area contributed by atoms with Crippen molar-refractivity contribution < 1.29 is 0 Å². The fourth-order valence-corrected chi connectivity index (χ4v) is 4.71. The molecule has 0 unspecified atom stereocenters. The summed E-state index contributed by atoms with van der Waals surface area (Å²) in [4.78, 5) is 52.8. The molecule has 2 aliphatic rings. The maximum absolute atomic E-state index is 13.2. The van der Waals surface area contributed by atoms with E-state index in [0.717, 1.165) is 16.7 Å². The second-order valence-corrected chi connectivity index (χ2v) is 10.2. The smallest absolute Gasteiger partial charge is 0.234 e. The van der Waals surface area contributed by atoms with E-state index in [1.807, 2.05) is 45.0 Å². The summed E-state index contributed by atoms with van der Waals surface area (Å²) in [6, 6.07) is 14.6. The van der Waals surface area contributed by atoms with Crippen molar-refractivity contribution in [2.45, 2.75) is 46.0 Å². The first-order valence-electron chi connectivity index (χ1n) is 11.1. The number of hydrogen-bond acceptors (Lipinski definition) is 4. The van der Waals surface area contributed by atoms with Crippen molar-refractivity contribution in [2.24, 2.45) is 0 Å². The molecule has 0 saturated heterocycles. The van der Waals surface area contributed by atoms with Gasteiger partial charge >= 0.3 is 0 Å². The molecule has 3 aromatic carbocycles. The van der Waals surface area contributed by atoms with E-state index in [1.165, 1.54) is 0 Å². The van der Waals surface area contributed by atoms with E-state index in [2.05, 4.69) is 13.8 Å². The predicted octanol–water partition coefficient (Wildman–Crippen LogP) is 4.94. The van der Waals surface area contributed by atoms with Crippen LogP contribution in [0.1, 0.15) is 51.7 Å². The zero-order valence-electron chi connectivity index (χ0n) is 19.3. The van der Waals surface area contributed by atoms with Gasteiger partial charge in [0, 0.05) is 32.7 Å². The SMILES string of the molecule is CC(C)c1cccc(-c2cc3c4c(c2)c(=O)c(=O)c2cc(C(C)(C)C)cc(c2-4)c(=O)c3=O)c1. The maximum Gasteiger partial charge on any atom is 0.234 e. The minimum atomic E-state index is -0.639. The van der Waals surface area contributed by atoms with Crippen molar-refractivity contribution in [3.8, 4) is 22.3 Å². The van der Waals surface area contributed by atoms with Crippen molar-refractivity contribution in [1.82, 2.24) is 0 Å². The van der Waals surface area contributed by atoms with E-state index in [9.17, 15) is 19.2 Å². The van der Waals surface area contributed by atoms with Gasteiger partial charge in [0.15, 0.2) is 0 Å². The lowest BCUT2D eigenvalue weighted by atomic mass is 9.80. The first-order valence-corrected chi connectivity index (χ1v) is 11.1. The lowest BCUT2D eigenvalue weighted by molar-refractivity contribution is 0.591. The first-order chi connectivity index (χ1) is 15.5. The molecule has 4 nitrogen and oxygen atoms in total. The third kappa shape index (κ3) is 3.05. The fraction of sp³-hybridized carbons (Fsp3) is 0.241. The van der Waals surface area contributed by atoms with Gasteiger partial charge in [-0.1, -0.05) is 58.9 Å². The standard InChI is InChI=1S/C29H24O4/c1-14(2)15-7-6-8-16(9-15)17-10-19-23-20(11-17)26(31)28(33)22-13-18(29(3,4)5)12-21(24(22)23)27(32)25(19)30/h6-14H,1-5H3. The highest BCUT2D eigenvalue weighted by Gasteiger charge is 2.28. The topological polar surface area (TPSA) is 68.3 Å². The molecule has 164 valence electrons. The van der Waals surface area contributed by atoms with E-state index < -0.39 is 21.7 Å². The average molecular weight is 437 g/mol. The highest BCUT2D eigenvalue weighted by molar-refractivity contribution is 6.12. The van der Waals surface area contributed by atoms with E-state index in [1.54, 1.807) is 24.3 Å². The summed E-state index contributed by atoms with van der Waals surface area (Å²) in [7, 11) is 0. The summed E-state index contributed by atoms with van der Waals surface area (Å²) in [6.07, 6.45) is 0. The van der Waals surface area contributed by atoms with Gasteiger partial charge in [-0.3, -0.25) is 19.2 Å². The van der Waals surface area contributed by atoms with Gasteiger partial charge in [0.2, 0.25) is 21.7 Å². The Bertz CT molecular complexity index is 1650. The molecule has 0 amide bonds. The van der Waals surface area contributed by atoms with Gasteiger partial charge in [-0.2, -0.15) is 0 Å². The molecule has 33 heavy (non-hydrogen) atoms. The van der Waals surface area contributed by atoms with Gasteiger partial charge in [0.1, 0.15) is 0 Å². The highest BCUT2D eigenvalue weighted by Crippen LogP contribution is 2.39. The van der Waals surface area contributed by atoms with Crippen LogP contribution in [-0.4, -0.2) is 0 Å². The molecule has 0 spiro atoms. The lowest BCUT2D eigenvalue weighted by Crippen LogP contribution is -2.32. The Morgan fingerprint density at radius 1 is 0.606 bits per heavy atom. The van der Waals surface area contributed by atoms with Gasteiger partial charge in [0.05, 0.1) is 0 Å². The Labute approximate surface area is 190 Å². The van der Waals surface area contributed by atoms with Crippen molar-refractivity contribution in [2.75, 3.05) is 0 Å². The van der Waals surface area contributed by atoms with Crippen LogP contribution < -0.4 is 21.7 Å². The Kier molecular flexibility index (Phi) is 4.44. The molecule has 3 aromatic rings. The molecular formula is C29H24O4. The molecule has 0 atom stereocenters. The average Bonchev–Trinajstić information content (AvgIpc) is 2.78. The molecule has 0 radical (unpaired) electrons. The lowest BCUT2D eigenvalue weighted by Gasteiger charge is -2.22. The maximum atomic E-state index is 13.2. The molecule has 5 rings (SSSR count). The van der Waals surface area contributed by atoms with Gasteiger partial charge in [0.25, 0.3) is 0 Å². The quantitative estimate of drug-likeness (QED) is 0.290. The molecule has 0 N–H and O–H groups in total. The fourth-order valence-electron chi connectivity index (χ4n) is 4.71. The summed E-state index contributed by atoms with van der Waals surface area (Å²) in [5.74, 6) is 0.304. The Morgan fingerprint density at radius 3 is 1.48 bits per heavy atom. The van der Waals surface area contributed by atoms with Crippen LogP contribution in [0.3, 0.4) is 0 Å². The van der Waals surface area contributed by atoms with Gasteiger partial charge < -0.3 is 0 Å². The number of hydrogen-bond donors (Lipinski definition) is 0. The normalized spacial score (nSPS) is 12.5. The zero-order chi connectivity index (χ0) is 23.8. The second kappa shape index (κ2) is 6.92. The van der Waals surface area contributed by atoms with E-state index in [0.29, 0.717) is 22.6 Å². The van der Waals surface area contributed by atoms with Crippen LogP contribution >= 0.6 is 0 Å². The summed E-state index contributed by atoms with van der Waals surface area (Å²) in [6.45, 7) is 10.1. The zero-order valence-corrected chi connectivity index (χ0v) is 19.3. The summed E-state index contributed by atoms with van der Waals surface area (Å²) < 4.78 is 0. The van der Waals surface area contributed by atoms with Crippen LogP contribution in [0.4, 0.5) is 0 Å². The van der Waals surface area contributed by atoms with Gasteiger partial charge in [-0.25, -0.2) is 0 Å². The van der Waals surface area contributed by atoms with E-state index in [-0.39, 0.29) is 27.0 Å². The second-order valence-electron chi connectivity index (χ2n) is 10.2. The minimum absolute atomic E-state index is 0.195. The van der Waals surface area contributed by atoms with Crippen molar-refractivity contribution >= 4 is 21.5 Å². The van der Waals surface area contributed by atoms with E-state index >= 15 is 0 Å². The Morgan fingerprint density at radius 2 is 1.06 bits per heavy atom. The molecule has 2 aliphatic carbocycles. The van der Waals surface area contributed by atoms with Crippen molar-refractivity contribution in [3.63, 3.8) is 0 Å². The molecule has 0 aromatic heterocycles. The molecule has 0 saturated carbocycles. The molecule has 0 aliphatic heterocycles. The first kappa shape index (κ1) is 21.2. The molecule has 0 bridgehead atoms. The van der Waals surface area contributed by atoms with Crippen LogP contribution in [0.25, 0.3) is 43.8 Å². The van der Waals surface area contributed by atoms with Crippen molar-refractivity contribution in [3.05, 3.63) is 101 Å². The molecular weight excluding hydrogens is 412 g/mol. The van der Waals surface area contributed by atoms with Crippen LogP contribution in [0.15, 0.2) is 67.7 Å². The monoisotopic (exact) mass is 436 g/mol. The Balaban J connectivity index is 1.99. The third-order valence-electron chi connectivity index (χ3n) is 6.67. The predicted molar refractivity (Wildman–Crippen MR) is 135 cm³/mol. The summed E-state index contributed by atoms with van der Waals surface area (Å²) in [5, 5.41) is 0.819. The van der Waals surface area contributed by atoms with Crippen molar-refractivity contribution in [1.29, 1.82) is 0 Å². The summed E-state index contributed by atoms with van der Waals surface area (Å²) >= 11 is 0. The number of rotatable bonds is 2. The van der Waals surface area contributed by atoms with Crippen LogP contribution in [0.2, 0.25) is 0 Å². The number of benzene rings is 5. The van der Waals surface area contributed by atoms with E-state index in [4.69, 9.17) is 0 Å². The minimum Gasteiger partial charge on any atom is -0.285 e. The molecule has 4 heteroatoms. The summed E-state index contributed by atoms with van der Waals surface area (Å²) in [5.41, 5.74) is 1.27. The van der Waals surface area contributed by atoms with Crippen LogP contribution in [-0.2, 0) is 5.41 Å². The van der Waals surface area contributed by atoms with Crippen LogP contribution in [0, 0.1) is 0 Å². The largest absolute Gasteiger partial charge is 0.285 e.